The maximum atomic E-state index is 11.7. The van der Waals surface area contributed by atoms with Crippen LogP contribution in [0.3, 0.4) is 0 Å². The quantitative estimate of drug-likeness (QED) is 0.743. The van der Waals surface area contributed by atoms with Crippen LogP contribution >= 0.6 is 0 Å². The molecule has 0 aromatic carbocycles. The lowest BCUT2D eigenvalue weighted by Crippen LogP contribution is -2.27. The standard InChI is InChI=1S/C8H12N4O2S/c1-5-2-7(5)12-15(13,14)6-3-10-8(9)11-4-6/h3-5,7,12H,2H2,1H3,(H2,9,10,11). The summed E-state index contributed by atoms with van der Waals surface area (Å²) >= 11 is 0. The highest BCUT2D eigenvalue weighted by Crippen LogP contribution is 2.30. The highest BCUT2D eigenvalue weighted by Gasteiger charge is 2.36. The third-order valence-electron chi connectivity index (χ3n) is 2.37. The zero-order chi connectivity index (χ0) is 11.1. The summed E-state index contributed by atoms with van der Waals surface area (Å²) in [5.41, 5.74) is 5.27. The molecular weight excluding hydrogens is 216 g/mol. The summed E-state index contributed by atoms with van der Waals surface area (Å²) in [6.45, 7) is 1.99. The second-order valence-corrected chi connectivity index (χ2v) is 5.43. The average Bonchev–Trinajstić information content (AvgIpc) is 2.81. The molecule has 1 saturated carbocycles. The van der Waals surface area contributed by atoms with Gasteiger partial charge in [0.15, 0.2) is 0 Å². The Kier molecular flexibility index (Phi) is 2.35. The number of sulfonamides is 1. The molecule has 82 valence electrons. The van der Waals surface area contributed by atoms with Gasteiger partial charge in [-0.05, 0) is 12.3 Å². The molecule has 1 aromatic heterocycles. The Labute approximate surface area is 88.0 Å². The Morgan fingerprint density at radius 3 is 2.47 bits per heavy atom. The Hall–Kier alpha value is -1.21. The van der Waals surface area contributed by atoms with Gasteiger partial charge in [-0.25, -0.2) is 23.1 Å². The first kappa shape index (κ1) is 10.3. The fraction of sp³-hybridized carbons (Fsp3) is 0.500. The lowest BCUT2D eigenvalue weighted by molar-refractivity contribution is 0.577. The summed E-state index contributed by atoms with van der Waals surface area (Å²) in [5, 5.41) is 0. The van der Waals surface area contributed by atoms with Gasteiger partial charge in [0.2, 0.25) is 16.0 Å². The third kappa shape index (κ3) is 2.24. The number of nitrogens with two attached hydrogens (primary N) is 1. The molecule has 1 heterocycles. The van der Waals surface area contributed by atoms with E-state index in [0.29, 0.717) is 5.92 Å². The molecule has 1 fully saturated rings. The summed E-state index contributed by atoms with van der Waals surface area (Å²) in [6, 6.07) is 0.0487. The van der Waals surface area contributed by atoms with Crippen molar-refractivity contribution in [1.82, 2.24) is 14.7 Å². The number of aromatic nitrogens is 2. The average molecular weight is 228 g/mol. The maximum absolute atomic E-state index is 11.7. The molecule has 0 aliphatic heterocycles. The van der Waals surface area contributed by atoms with Gasteiger partial charge in [-0.15, -0.1) is 0 Å². The first-order valence-electron chi connectivity index (χ1n) is 4.59. The Balaban J connectivity index is 2.18. The minimum absolute atomic E-state index is 0.0487. The Bertz CT molecular complexity index is 456. The van der Waals surface area contributed by atoms with E-state index in [0.717, 1.165) is 6.42 Å². The normalized spacial score (nSPS) is 25.1. The van der Waals surface area contributed by atoms with Crippen molar-refractivity contribution in [3.8, 4) is 0 Å². The van der Waals surface area contributed by atoms with Crippen molar-refractivity contribution in [1.29, 1.82) is 0 Å². The van der Waals surface area contributed by atoms with E-state index in [9.17, 15) is 8.42 Å². The van der Waals surface area contributed by atoms with Crippen LogP contribution in [0.4, 0.5) is 5.95 Å². The summed E-state index contributed by atoms with van der Waals surface area (Å²) in [7, 11) is -3.48. The second-order valence-electron chi connectivity index (χ2n) is 3.72. The van der Waals surface area contributed by atoms with E-state index in [1.807, 2.05) is 6.92 Å². The van der Waals surface area contributed by atoms with Crippen molar-refractivity contribution < 1.29 is 8.42 Å². The van der Waals surface area contributed by atoms with Gasteiger partial charge < -0.3 is 5.73 Å². The zero-order valence-corrected chi connectivity index (χ0v) is 9.03. The number of nitrogen functional groups attached to an aromatic ring is 1. The topological polar surface area (TPSA) is 98.0 Å². The number of nitrogens with one attached hydrogen (secondary N) is 1. The monoisotopic (exact) mass is 228 g/mol. The number of nitrogens with zero attached hydrogens (tertiary/aromatic N) is 2. The van der Waals surface area contributed by atoms with Crippen LogP contribution in [0.25, 0.3) is 0 Å². The van der Waals surface area contributed by atoms with E-state index in [1.54, 1.807) is 0 Å². The number of anilines is 1. The SMILES string of the molecule is CC1CC1NS(=O)(=O)c1cnc(N)nc1. The molecule has 2 rings (SSSR count). The minimum Gasteiger partial charge on any atom is -0.368 e. The molecule has 2 atom stereocenters. The first-order valence-corrected chi connectivity index (χ1v) is 6.07. The molecule has 1 aliphatic carbocycles. The van der Waals surface area contributed by atoms with Crippen LogP contribution in [-0.2, 0) is 10.0 Å². The van der Waals surface area contributed by atoms with Gasteiger partial charge in [-0.1, -0.05) is 6.92 Å². The summed E-state index contributed by atoms with van der Waals surface area (Å²) in [4.78, 5) is 7.33. The van der Waals surface area contributed by atoms with Crippen molar-refractivity contribution >= 4 is 16.0 Å². The van der Waals surface area contributed by atoms with Crippen LogP contribution in [0.15, 0.2) is 17.3 Å². The van der Waals surface area contributed by atoms with E-state index < -0.39 is 10.0 Å². The van der Waals surface area contributed by atoms with E-state index in [1.165, 1.54) is 12.4 Å². The summed E-state index contributed by atoms with van der Waals surface area (Å²) < 4.78 is 26.0. The predicted octanol–water partition coefficient (Wildman–Crippen LogP) is -0.254. The van der Waals surface area contributed by atoms with Crippen LogP contribution in [0.5, 0.6) is 0 Å². The molecule has 0 spiro atoms. The summed E-state index contributed by atoms with van der Waals surface area (Å²) in [5.74, 6) is 0.475. The van der Waals surface area contributed by atoms with E-state index >= 15 is 0 Å². The van der Waals surface area contributed by atoms with Crippen LogP contribution < -0.4 is 10.5 Å². The fourth-order valence-corrected chi connectivity index (χ4v) is 2.46. The van der Waals surface area contributed by atoms with E-state index in [4.69, 9.17) is 5.73 Å². The predicted molar refractivity (Wildman–Crippen MR) is 54.3 cm³/mol. The maximum Gasteiger partial charge on any atom is 0.243 e. The van der Waals surface area contributed by atoms with Gasteiger partial charge in [0.05, 0.1) is 12.4 Å². The molecular formula is C8H12N4O2S. The zero-order valence-electron chi connectivity index (χ0n) is 8.21. The van der Waals surface area contributed by atoms with Gasteiger partial charge in [-0.2, -0.15) is 0 Å². The Morgan fingerprint density at radius 1 is 1.47 bits per heavy atom. The minimum atomic E-state index is -3.48. The van der Waals surface area contributed by atoms with Crippen molar-refractivity contribution in [2.24, 2.45) is 5.92 Å². The smallest absolute Gasteiger partial charge is 0.243 e. The molecule has 0 radical (unpaired) electrons. The van der Waals surface area contributed by atoms with Crippen molar-refractivity contribution in [2.75, 3.05) is 5.73 Å². The molecule has 15 heavy (non-hydrogen) atoms. The van der Waals surface area contributed by atoms with Crippen LogP contribution in [0, 0.1) is 5.92 Å². The molecule has 3 N–H and O–H groups in total. The molecule has 1 aliphatic rings. The molecule has 0 saturated heterocycles. The molecule has 0 bridgehead atoms. The van der Waals surface area contributed by atoms with Crippen LogP contribution in [-0.4, -0.2) is 24.4 Å². The van der Waals surface area contributed by atoms with Gasteiger partial charge in [-0.3, -0.25) is 0 Å². The number of hydrogen-bond donors (Lipinski definition) is 2. The van der Waals surface area contributed by atoms with Gasteiger partial charge in [0.25, 0.3) is 0 Å². The fourth-order valence-electron chi connectivity index (χ4n) is 1.22. The van der Waals surface area contributed by atoms with Crippen LogP contribution in [0.2, 0.25) is 0 Å². The lowest BCUT2D eigenvalue weighted by atomic mass is 10.5. The third-order valence-corrected chi connectivity index (χ3v) is 3.82. The van der Waals surface area contributed by atoms with Crippen molar-refractivity contribution in [2.45, 2.75) is 24.3 Å². The van der Waals surface area contributed by atoms with Crippen molar-refractivity contribution in [3.05, 3.63) is 12.4 Å². The summed E-state index contributed by atoms with van der Waals surface area (Å²) in [6.07, 6.45) is 3.30. The number of rotatable bonds is 3. The molecule has 7 heteroatoms. The largest absolute Gasteiger partial charge is 0.368 e. The molecule has 0 amide bonds. The molecule has 1 aromatic rings. The van der Waals surface area contributed by atoms with E-state index in [2.05, 4.69) is 14.7 Å². The van der Waals surface area contributed by atoms with Gasteiger partial charge in [0.1, 0.15) is 4.90 Å². The van der Waals surface area contributed by atoms with Crippen LogP contribution in [0.1, 0.15) is 13.3 Å². The highest BCUT2D eigenvalue weighted by atomic mass is 32.2. The van der Waals surface area contributed by atoms with Gasteiger partial charge >= 0.3 is 0 Å². The lowest BCUT2D eigenvalue weighted by Gasteiger charge is -2.04. The van der Waals surface area contributed by atoms with Crippen molar-refractivity contribution in [3.63, 3.8) is 0 Å². The first-order chi connectivity index (χ1) is 6.99. The van der Waals surface area contributed by atoms with Gasteiger partial charge in [0, 0.05) is 6.04 Å². The van der Waals surface area contributed by atoms with E-state index in [-0.39, 0.29) is 16.9 Å². The second kappa shape index (κ2) is 3.42. The number of hydrogen-bond acceptors (Lipinski definition) is 5. The molecule has 2 unspecified atom stereocenters. The Morgan fingerprint density at radius 2 is 2.00 bits per heavy atom. The highest BCUT2D eigenvalue weighted by molar-refractivity contribution is 7.89. The molecule has 6 nitrogen and oxygen atoms in total.